The molecule has 2 N–H and O–H groups in total. The number of aromatic nitrogens is 1. The van der Waals surface area contributed by atoms with Crippen molar-refractivity contribution in [3.8, 4) is 0 Å². The maximum absolute atomic E-state index is 12.7. The van der Waals surface area contributed by atoms with E-state index in [0.29, 0.717) is 5.57 Å². The van der Waals surface area contributed by atoms with E-state index in [1.807, 2.05) is 26.8 Å². The first-order valence-electron chi connectivity index (χ1n) is 9.57. The van der Waals surface area contributed by atoms with Gasteiger partial charge in [-0.05, 0) is 18.6 Å². The SMILES string of the molecule is C=C/C=C\C(=C)CC(=N)C(=O)n1c2c(sc1=N)C(=O)N(/C=C/C=C\C=C/C)C2=O.CC. The van der Waals surface area contributed by atoms with E-state index in [0.717, 1.165) is 20.8 Å². The number of rotatable bonds is 8. The van der Waals surface area contributed by atoms with Gasteiger partial charge in [-0.25, -0.2) is 9.47 Å². The van der Waals surface area contributed by atoms with Crippen LogP contribution in [0.2, 0.25) is 0 Å². The molecule has 0 fully saturated rings. The number of nitrogens with one attached hydrogen (secondary N) is 2. The molecular formula is C23H26N4O3S. The molecule has 1 aliphatic heterocycles. The lowest BCUT2D eigenvalue weighted by Crippen LogP contribution is -2.34. The third-order valence-electron chi connectivity index (χ3n) is 3.77. The summed E-state index contributed by atoms with van der Waals surface area (Å²) in [5.41, 5.74) is -0.0254. The van der Waals surface area contributed by atoms with Crippen molar-refractivity contribution in [2.24, 2.45) is 0 Å². The first-order chi connectivity index (χ1) is 14.8. The van der Waals surface area contributed by atoms with Crippen LogP contribution in [0.5, 0.6) is 0 Å². The molecule has 0 bridgehead atoms. The summed E-state index contributed by atoms with van der Waals surface area (Å²) in [6.45, 7) is 13.1. The van der Waals surface area contributed by atoms with Gasteiger partial charge in [-0.3, -0.25) is 25.2 Å². The second kappa shape index (κ2) is 12.1. The number of amides is 2. The van der Waals surface area contributed by atoms with E-state index < -0.39 is 17.7 Å². The first kappa shape index (κ1) is 25.4. The van der Waals surface area contributed by atoms with Gasteiger partial charge in [0.05, 0.1) is 0 Å². The Hall–Kier alpha value is -3.65. The molecule has 2 amide bonds. The highest BCUT2D eigenvalue weighted by atomic mass is 32.1. The minimum absolute atomic E-state index is 0.00798. The van der Waals surface area contributed by atoms with Crippen LogP contribution in [-0.2, 0) is 0 Å². The predicted molar refractivity (Wildman–Crippen MR) is 125 cm³/mol. The third kappa shape index (κ3) is 5.93. The molecule has 0 radical (unpaired) electrons. The average molecular weight is 439 g/mol. The molecule has 1 aliphatic rings. The maximum atomic E-state index is 12.7. The average Bonchev–Trinajstić information content (AvgIpc) is 3.21. The molecule has 0 saturated carbocycles. The Morgan fingerprint density at radius 1 is 1.10 bits per heavy atom. The first-order valence-corrected chi connectivity index (χ1v) is 10.4. The van der Waals surface area contributed by atoms with Crippen LogP contribution in [0, 0.1) is 10.8 Å². The normalized spacial score (nSPS) is 13.3. The molecule has 0 spiro atoms. The van der Waals surface area contributed by atoms with E-state index in [1.54, 1.807) is 36.5 Å². The van der Waals surface area contributed by atoms with Gasteiger partial charge in [-0.2, -0.15) is 0 Å². The number of fused-ring (bicyclic) bond motifs is 1. The number of carbonyl (C=O) groups is 3. The quantitative estimate of drug-likeness (QED) is 0.350. The zero-order valence-corrected chi connectivity index (χ0v) is 18.7. The zero-order valence-electron chi connectivity index (χ0n) is 17.8. The minimum Gasteiger partial charge on any atom is -0.299 e. The number of allylic oxidation sites excluding steroid dienone is 9. The molecule has 0 aliphatic carbocycles. The van der Waals surface area contributed by atoms with E-state index in [-0.39, 0.29) is 27.5 Å². The summed E-state index contributed by atoms with van der Waals surface area (Å²) in [5.74, 6) is -2.14. The van der Waals surface area contributed by atoms with Crippen molar-refractivity contribution in [3.63, 3.8) is 0 Å². The molecule has 8 heteroatoms. The van der Waals surface area contributed by atoms with E-state index >= 15 is 0 Å². The highest BCUT2D eigenvalue weighted by Gasteiger charge is 2.41. The number of thiazole rings is 1. The van der Waals surface area contributed by atoms with Crippen LogP contribution >= 0.6 is 11.3 Å². The Balaban J connectivity index is 0.00000233. The molecule has 2 heterocycles. The van der Waals surface area contributed by atoms with Gasteiger partial charge in [0.2, 0.25) is 0 Å². The molecule has 1 aromatic heterocycles. The van der Waals surface area contributed by atoms with Crippen LogP contribution in [0.25, 0.3) is 0 Å². The molecule has 0 aromatic carbocycles. The number of imide groups is 1. The van der Waals surface area contributed by atoms with E-state index in [1.165, 1.54) is 12.3 Å². The van der Waals surface area contributed by atoms with Crippen molar-refractivity contribution >= 4 is 34.8 Å². The Morgan fingerprint density at radius 2 is 1.74 bits per heavy atom. The highest BCUT2D eigenvalue weighted by Crippen LogP contribution is 2.25. The van der Waals surface area contributed by atoms with Gasteiger partial charge in [0, 0.05) is 12.6 Å². The summed E-state index contributed by atoms with van der Waals surface area (Å²) in [6, 6.07) is 0. The lowest BCUT2D eigenvalue weighted by molar-refractivity contribution is 0.0713. The molecule has 2 rings (SSSR count). The lowest BCUT2D eigenvalue weighted by atomic mass is 10.1. The molecule has 1 aromatic rings. The van der Waals surface area contributed by atoms with E-state index in [9.17, 15) is 14.4 Å². The standard InChI is InChI=1S/C21H20N4O3S.C2H6/c1-4-6-8-9-10-12-24-19(27)16-17(20(24)28)29-21(23)25(16)18(26)15(22)13-14(3)11-7-5-2;1-2/h4-12,22-23H,2-3,13H2,1H3;1-2H3/b6-4-,9-8-,11-7-,12-10+,22-15?,23-21?;. The minimum atomic E-state index is -0.833. The van der Waals surface area contributed by atoms with Crippen LogP contribution in [0.3, 0.4) is 0 Å². The van der Waals surface area contributed by atoms with Crippen molar-refractivity contribution in [1.29, 1.82) is 10.8 Å². The fraction of sp³-hybridized carbons (Fsp3) is 0.174. The number of carbonyl (C=O) groups excluding carboxylic acids is 3. The van der Waals surface area contributed by atoms with Gasteiger partial charge in [-0.15, -0.1) is 0 Å². The van der Waals surface area contributed by atoms with Crippen LogP contribution < -0.4 is 4.80 Å². The van der Waals surface area contributed by atoms with Crippen LogP contribution in [-0.4, -0.2) is 32.9 Å². The van der Waals surface area contributed by atoms with Crippen LogP contribution in [0.1, 0.15) is 52.1 Å². The van der Waals surface area contributed by atoms with Gasteiger partial charge < -0.3 is 0 Å². The number of hydrogen-bond acceptors (Lipinski definition) is 6. The highest BCUT2D eigenvalue weighted by molar-refractivity contribution is 7.12. The molecule has 0 unspecified atom stereocenters. The summed E-state index contributed by atoms with van der Waals surface area (Å²) in [6.07, 6.45) is 14.6. The molecule has 31 heavy (non-hydrogen) atoms. The monoisotopic (exact) mass is 438 g/mol. The van der Waals surface area contributed by atoms with Crippen LogP contribution in [0.15, 0.2) is 73.5 Å². The van der Waals surface area contributed by atoms with E-state index in [4.69, 9.17) is 10.8 Å². The molecular weight excluding hydrogens is 412 g/mol. The number of nitrogens with zero attached hydrogens (tertiary/aromatic N) is 2. The summed E-state index contributed by atoms with van der Waals surface area (Å²) < 4.78 is 0.816. The Morgan fingerprint density at radius 3 is 2.35 bits per heavy atom. The fourth-order valence-electron chi connectivity index (χ4n) is 2.45. The Kier molecular flexibility index (Phi) is 9.94. The lowest BCUT2D eigenvalue weighted by Gasteiger charge is -2.09. The Bertz CT molecular complexity index is 1080. The van der Waals surface area contributed by atoms with E-state index in [2.05, 4.69) is 13.2 Å². The van der Waals surface area contributed by atoms with Gasteiger partial charge in [0.1, 0.15) is 16.3 Å². The molecule has 0 atom stereocenters. The summed E-state index contributed by atoms with van der Waals surface area (Å²) in [5, 5.41) is 16.0. The van der Waals surface area contributed by atoms with Crippen LogP contribution in [0.4, 0.5) is 0 Å². The summed E-state index contributed by atoms with van der Waals surface area (Å²) in [7, 11) is 0. The Labute approximate surface area is 185 Å². The zero-order chi connectivity index (χ0) is 23.6. The van der Waals surface area contributed by atoms with Crippen molar-refractivity contribution in [2.45, 2.75) is 27.2 Å². The second-order valence-electron chi connectivity index (χ2n) is 5.87. The smallest absolute Gasteiger partial charge is 0.283 e. The van der Waals surface area contributed by atoms with Gasteiger partial charge >= 0.3 is 0 Å². The van der Waals surface area contributed by atoms with Gasteiger partial charge in [0.25, 0.3) is 17.7 Å². The molecule has 0 saturated heterocycles. The topological polar surface area (TPSA) is 107 Å². The number of hydrogen-bond donors (Lipinski definition) is 2. The van der Waals surface area contributed by atoms with Crippen molar-refractivity contribution in [3.05, 3.63) is 88.9 Å². The van der Waals surface area contributed by atoms with Crippen molar-refractivity contribution in [2.75, 3.05) is 0 Å². The maximum Gasteiger partial charge on any atom is 0.283 e. The van der Waals surface area contributed by atoms with Gasteiger partial charge in [0.15, 0.2) is 4.80 Å². The largest absolute Gasteiger partial charge is 0.299 e. The summed E-state index contributed by atoms with van der Waals surface area (Å²) in [4.78, 5) is 38.5. The molecule has 7 nitrogen and oxygen atoms in total. The predicted octanol–water partition coefficient (Wildman–Crippen LogP) is 4.65. The summed E-state index contributed by atoms with van der Waals surface area (Å²) >= 11 is 0.732. The van der Waals surface area contributed by atoms with Gasteiger partial charge in [-0.1, -0.05) is 80.9 Å². The third-order valence-corrected chi connectivity index (χ3v) is 4.72. The fourth-order valence-corrected chi connectivity index (χ4v) is 3.37. The molecule has 162 valence electrons. The van der Waals surface area contributed by atoms with Crippen molar-refractivity contribution < 1.29 is 14.4 Å². The second-order valence-corrected chi connectivity index (χ2v) is 6.87. The van der Waals surface area contributed by atoms with Crippen molar-refractivity contribution in [1.82, 2.24) is 9.47 Å².